The van der Waals surface area contributed by atoms with Crippen molar-refractivity contribution in [2.24, 2.45) is 5.84 Å². The molecule has 0 aliphatic rings. The Morgan fingerprint density at radius 3 is 2.50 bits per heavy atom. The monoisotopic (exact) mass is 273 g/mol. The first kappa shape index (κ1) is 14.1. The normalized spacial score (nSPS) is 10.4. The minimum Gasteiger partial charge on any atom is -0.493 e. The molecule has 0 aliphatic carbocycles. The molecule has 2 aromatic rings. The van der Waals surface area contributed by atoms with Gasteiger partial charge in [0.25, 0.3) is 0 Å². The summed E-state index contributed by atoms with van der Waals surface area (Å²) in [6.07, 6.45) is 1.76. The van der Waals surface area contributed by atoms with Crippen LogP contribution in [-0.4, -0.2) is 18.2 Å². The first-order chi connectivity index (χ1) is 9.63. The lowest BCUT2D eigenvalue weighted by molar-refractivity contribution is 0.230. The van der Waals surface area contributed by atoms with Crippen LogP contribution in [0.3, 0.4) is 0 Å². The highest BCUT2D eigenvalue weighted by Gasteiger charge is 2.09. The van der Waals surface area contributed by atoms with Crippen LogP contribution >= 0.6 is 0 Å². The lowest BCUT2D eigenvalue weighted by Crippen LogP contribution is -2.07. The van der Waals surface area contributed by atoms with E-state index in [4.69, 9.17) is 15.3 Å². The lowest BCUT2D eigenvalue weighted by Gasteiger charge is -2.14. The number of anilines is 1. The summed E-state index contributed by atoms with van der Waals surface area (Å²) in [6, 6.07) is 9.52. The van der Waals surface area contributed by atoms with E-state index in [9.17, 15) is 0 Å². The summed E-state index contributed by atoms with van der Waals surface area (Å²) in [7, 11) is 1.63. The summed E-state index contributed by atoms with van der Waals surface area (Å²) in [6.45, 7) is 3.96. The minimum atomic E-state index is 0.0796. The SMILES string of the molecule is COc1ccc(-c2ccc(NN)cn2)cc1OC(C)C. The number of pyridine rings is 1. The highest BCUT2D eigenvalue weighted by molar-refractivity contribution is 5.65. The van der Waals surface area contributed by atoms with E-state index in [1.165, 1.54) is 0 Å². The van der Waals surface area contributed by atoms with Crippen molar-refractivity contribution in [3.63, 3.8) is 0 Å². The Bertz CT molecular complexity index is 568. The number of ether oxygens (including phenoxy) is 2. The summed E-state index contributed by atoms with van der Waals surface area (Å²) < 4.78 is 11.1. The Balaban J connectivity index is 2.35. The molecule has 0 bridgehead atoms. The largest absolute Gasteiger partial charge is 0.493 e. The molecule has 0 atom stereocenters. The van der Waals surface area contributed by atoms with Gasteiger partial charge in [0.15, 0.2) is 11.5 Å². The molecule has 5 heteroatoms. The van der Waals surface area contributed by atoms with E-state index in [-0.39, 0.29) is 6.10 Å². The van der Waals surface area contributed by atoms with Crippen LogP contribution in [0.1, 0.15) is 13.8 Å². The average molecular weight is 273 g/mol. The van der Waals surface area contributed by atoms with Crippen molar-refractivity contribution in [1.29, 1.82) is 0 Å². The van der Waals surface area contributed by atoms with Crippen LogP contribution in [0.15, 0.2) is 36.5 Å². The summed E-state index contributed by atoms with van der Waals surface area (Å²) in [5, 5.41) is 0. The molecule has 1 heterocycles. The highest BCUT2D eigenvalue weighted by Crippen LogP contribution is 2.32. The Morgan fingerprint density at radius 1 is 1.15 bits per heavy atom. The summed E-state index contributed by atoms with van der Waals surface area (Å²) in [4.78, 5) is 4.36. The molecule has 0 radical (unpaired) electrons. The number of hydrogen-bond donors (Lipinski definition) is 2. The van der Waals surface area contributed by atoms with Crippen molar-refractivity contribution < 1.29 is 9.47 Å². The second-order valence-electron chi connectivity index (χ2n) is 4.61. The van der Waals surface area contributed by atoms with Crippen molar-refractivity contribution in [2.75, 3.05) is 12.5 Å². The number of aromatic nitrogens is 1. The minimum absolute atomic E-state index is 0.0796. The zero-order chi connectivity index (χ0) is 14.5. The zero-order valence-corrected chi connectivity index (χ0v) is 11.9. The predicted molar refractivity (Wildman–Crippen MR) is 79.8 cm³/mol. The summed E-state index contributed by atoms with van der Waals surface area (Å²) in [5.74, 6) is 6.75. The molecule has 0 unspecified atom stereocenters. The van der Waals surface area contributed by atoms with Gasteiger partial charge in [-0.15, -0.1) is 0 Å². The molecule has 1 aromatic heterocycles. The van der Waals surface area contributed by atoms with E-state index in [0.717, 1.165) is 16.9 Å². The molecule has 106 valence electrons. The fourth-order valence-electron chi connectivity index (χ4n) is 1.83. The average Bonchev–Trinajstić information content (AvgIpc) is 2.46. The van der Waals surface area contributed by atoms with Gasteiger partial charge in [-0.3, -0.25) is 10.8 Å². The standard InChI is InChI=1S/C15H19N3O2/c1-10(2)20-15-8-11(4-7-14(15)19-3)13-6-5-12(18-16)9-17-13/h4-10,18H,16H2,1-3H3. The fraction of sp³-hybridized carbons (Fsp3) is 0.267. The quantitative estimate of drug-likeness (QED) is 0.647. The number of hydrazine groups is 1. The molecular weight excluding hydrogens is 254 g/mol. The third kappa shape index (κ3) is 3.19. The molecule has 2 rings (SSSR count). The van der Waals surface area contributed by atoms with Gasteiger partial charge >= 0.3 is 0 Å². The van der Waals surface area contributed by atoms with Crippen LogP contribution in [0.5, 0.6) is 11.5 Å². The topological polar surface area (TPSA) is 69.4 Å². The zero-order valence-electron chi connectivity index (χ0n) is 11.9. The van der Waals surface area contributed by atoms with Gasteiger partial charge < -0.3 is 14.9 Å². The lowest BCUT2D eigenvalue weighted by atomic mass is 10.1. The first-order valence-corrected chi connectivity index (χ1v) is 6.41. The van der Waals surface area contributed by atoms with Gasteiger partial charge in [0.2, 0.25) is 0 Å². The van der Waals surface area contributed by atoms with Crippen molar-refractivity contribution in [3.05, 3.63) is 36.5 Å². The molecule has 0 spiro atoms. The Kier molecular flexibility index (Phi) is 4.42. The first-order valence-electron chi connectivity index (χ1n) is 6.41. The van der Waals surface area contributed by atoms with Gasteiger partial charge in [0, 0.05) is 5.56 Å². The summed E-state index contributed by atoms with van der Waals surface area (Å²) >= 11 is 0. The smallest absolute Gasteiger partial charge is 0.162 e. The Labute approximate surface area is 118 Å². The fourth-order valence-corrected chi connectivity index (χ4v) is 1.83. The molecule has 0 saturated heterocycles. The van der Waals surface area contributed by atoms with Gasteiger partial charge in [-0.25, -0.2) is 0 Å². The second-order valence-corrected chi connectivity index (χ2v) is 4.61. The van der Waals surface area contributed by atoms with Crippen LogP contribution < -0.4 is 20.7 Å². The van der Waals surface area contributed by atoms with Crippen LogP contribution in [0.2, 0.25) is 0 Å². The van der Waals surface area contributed by atoms with E-state index in [0.29, 0.717) is 11.5 Å². The number of nitrogens with one attached hydrogen (secondary N) is 1. The molecule has 3 N–H and O–H groups in total. The Morgan fingerprint density at radius 2 is 1.95 bits per heavy atom. The number of nitrogens with zero attached hydrogens (tertiary/aromatic N) is 1. The van der Waals surface area contributed by atoms with E-state index in [1.54, 1.807) is 13.3 Å². The van der Waals surface area contributed by atoms with Crippen LogP contribution in [0.4, 0.5) is 5.69 Å². The van der Waals surface area contributed by atoms with Gasteiger partial charge in [0.1, 0.15) is 0 Å². The van der Waals surface area contributed by atoms with Crippen molar-refractivity contribution in [2.45, 2.75) is 20.0 Å². The van der Waals surface area contributed by atoms with E-state index < -0.39 is 0 Å². The van der Waals surface area contributed by atoms with Crippen LogP contribution in [-0.2, 0) is 0 Å². The number of nitrogens with two attached hydrogens (primary N) is 1. The van der Waals surface area contributed by atoms with Crippen molar-refractivity contribution in [3.8, 4) is 22.8 Å². The van der Waals surface area contributed by atoms with Gasteiger partial charge in [-0.1, -0.05) is 0 Å². The molecule has 0 saturated carbocycles. The number of benzene rings is 1. The Hall–Kier alpha value is -2.27. The number of rotatable bonds is 5. The summed E-state index contributed by atoms with van der Waals surface area (Å²) in [5.41, 5.74) is 5.13. The third-order valence-corrected chi connectivity index (χ3v) is 2.75. The van der Waals surface area contributed by atoms with Crippen LogP contribution in [0.25, 0.3) is 11.3 Å². The number of hydrogen-bond acceptors (Lipinski definition) is 5. The van der Waals surface area contributed by atoms with E-state index in [1.807, 2.05) is 44.2 Å². The third-order valence-electron chi connectivity index (χ3n) is 2.75. The molecule has 1 aromatic carbocycles. The van der Waals surface area contributed by atoms with Crippen molar-refractivity contribution in [1.82, 2.24) is 4.98 Å². The van der Waals surface area contributed by atoms with Gasteiger partial charge in [-0.2, -0.15) is 0 Å². The van der Waals surface area contributed by atoms with Gasteiger partial charge in [0.05, 0.1) is 30.8 Å². The number of methoxy groups -OCH3 is 1. The highest BCUT2D eigenvalue weighted by atomic mass is 16.5. The maximum atomic E-state index is 5.76. The number of nitrogen functional groups attached to an aromatic ring is 1. The van der Waals surface area contributed by atoms with E-state index in [2.05, 4.69) is 10.4 Å². The molecule has 0 aliphatic heterocycles. The predicted octanol–water partition coefficient (Wildman–Crippen LogP) is 2.83. The maximum Gasteiger partial charge on any atom is 0.162 e. The van der Waals surface area contributed by atoms with E-state index >= 15 is 0 Å². The van der Waals surface area contributed by atoms with Crippen molar-refractivity contribution >= 4 is 5.69 Å². The molecule has 0 amide bonds. The molecular formula is C15H19N3O2. The van der Waals surface area contributed by atoms with Gasteiger partial charge in [-0.05, 0) is 44.2 Å². The molecule has 0 fully saturated rings. The molecule has 5 nitrogen and oxygen atoms in total. The van der Waals surface area contributed by atoms with Crippen LogP contribution in [0, 0.1) is 0 Å². The maximum absolute atomic E-state index is 5.76. The molecule has 20 heavy (non-hydrogen) atoms. The second kappa shape index (κ2) is 6.25.